The SMILES string of the molecule is COc1cc(N)cc(OCF)c1OC. The van der Waals surface area contributed by atoms with Gasteiger partial charge in [-0.3, -0.25) is 0 Å². The minimum Gasteiger partial charge on any atom is -0.493 e. The molecule has 0 saturated carbocycles. The number of benzene rings is 1. The van der Waals surface area contributed by atoms with Crippen molar-refractivity contribution in [1.29, 1.82) is 0 Å². The molecule has 0 aliphatic rings. The Morgan fingerprint density at radius 3 is 2.36 bits per heavy atom. The molecule has 4 nitrogen and oxygen atoms in total. The number of halogens is 1. The summed E-state index contributed by atoms with van der Waals surface area (Å²) in [7, 11) is 2.91. The van der Waals surface area contributed by atoms with Gasteiger partial charge in [-0.1, -0.05) is 0 Å². The first-order valence-corrected chi connectivity index (χ1v) is 3.93. The molecular formula is C9H12FNO3. The van der Waals surface area contributed by atoms with E-state index >= 15 is 0 Å². The van der Waals surface area contributed by atoms with Crippen molar-refractivity contribution in [2.24, 2.45) is 0 Å². The molecule has 1 rings (SSSR count). The van der Waals surface area contributed by atoms with Crippen molar-refractivity contribution in [1.82, 2.24) is 0 Å². The smallest absolute Gasteiger partial charge is 0.228 e. The van der Waals surface area contributed by atoms with E-state index in [1.165, 1.54) is 20.3 Å². The van der Waals surface area contributed by atoms with E-state index in [-0.39, 0.29) is 5.75 Å². The van der Waals surface area contributed by atoms with Crippen molar-refractivity contribution in [3.8, 4) is 17.2 Å². The monoisotopic (exact) mass is 201 g/mol. The first kappa shape index (κ1) is 10.4. The lowest BCUT2D eigenvalue weighted by Gasteiger charge is -2.12. The van der Waals surface area contributed by atoms with E-state index in [0.717, 1.165) is 0 Å². The highest BCUT2D eigenvalue weighted by Gasteiger charge is 2.12. The molecule has 0 heterocycles. The van der Waals surface area contributed by atoms with Crippen molar-refractivity contribution in [3.05, 3.63) is 12.1 Å². The van der Waals surface area contributed by atoms with Crippen molar-refractivity contribution < 1.29 is 18.6 Å². The average Bonchev–Trinajstić information content (AvgIpc) is 2.17. The molecule has 0 radical (unpaired) electrons. The summed E-state index contributed by atoms with van der Waals surface area (Å²) in [5, 5.41) is 0. The van der Waals surface area contributed by atoms with Gasteiger partial charge in [-0.15, -0.1) is 0 Å². The summed E-state index contributed by atoms with van der Waals surface area (Å²) in [5.41, 5.74) is 5.97. The summed E-state index contributed by atoms with van der Waals surface area (Å²) in [5.74, 6) is 0.974. The molecule has 5 heteroatoms. The third kappa shape index (κ3) is 1.99. The van der Waals surface area contributed by atoms with Crippen LogP contribution < -0.4 is 19.9 Å². The lowest BCUT2D eigenvalue weighted by atomic mass is 10.2. The van der Waals surface area contributed by atoms with Crippen LogP contribution in [0.15, 0.2) is 12.1 Å². The molecular weight excluding hydrogens is 189 g/mol. The number of nitrogens with two attached hydrogens (primary N) is 1. The Morgan fingerprint density at radius 2 is 1.86 bits per heavy atom. The third-order valence-corrected chi connectivity index (χ3v) is 1.68. The van der Waals surface area contributed by atoms with Crippen molar-refractivity contribution >= 4 is 5.69 Å². The molecule has 0 aromatic heterocycles. The van der Waals surface area contributed by atoms with Crippen LogP contribution in [0.2, 0.25) is 0 Å². The van der Waals surface area contributed by atoms with Gasteiger partial charge in [-0.25, -0.2) is 4.39 Å². The second kappa shape index (κ2) is 4.55. The van der Waals surface area contributed by atoms with Crippen LogP contribution in [0.25, 0.3) is 0 Å². The minimum atomic E-state index is -0.942. The van der Waals surface area contributed by atoms with Crippen LogP contribution in [0, 0.1) is 0 Å². The van der Waals surface area contributed by atoms with Gasteiger partial charge in [0.15, 0.2) is 11.5 Å². The van der Waals surface area contributed by atoms with Crippen LogP contribution in [-0.4, -0.2) is 21.1 Å². The first-order chi connectivity index (χ1) is 6.72. The van der Waals surface area contributed by atoms with Crippen molar-refractivity contribution in [3.63, 3.8) is 0 Å². The molecule has 0 saturated heterocycles. The van der Waals surface area contributed by atoms with E-state index in [4.69, 9.17) is 19.9 Å². The van der Waals surface area contributed by atoms with Gasteiger partial charge in [0.05, 0.1) is 14.2 Å². The highest BCUT2D eigenvalue weighted by Crippen LogP contribution is 2.39. The maximum Gasteiger partial charge on any atom is 0.228 e. The van der Waals surface area contributed by atoms with Gasteiger partial charge in [0.25, 0.3) is 0 Å². The summed E-state index contributed by atoms with van der Waals surface area (Å²) in [4.78, 5) is 0. The van der Waals surface area contributed by atoms with Crippen LogP contribution in [0.3, 0.4) is 0 Å². The van der Waals surface area contributed by atoms with E-state index in [2.05, 4.69) is 0 Å². The number of methoxy groups -OCH3 is 2. The molecule has 0 amide bonds. The van der Waals surface area contributed by atoms with E-state index in [0.29, 0.717) is 17.2 Å². The van der Waals surface area contributed by atoms with Crippen LogP contribution in [-0.2, 0) is 0 Å². The molecule has 0 unspecified atom stereocenters. The van der Waals surface area contributed by atoms with E-state index in [1.54, 1.807) is 6.07 Å². The van der Waals surface area contributed by atoms with E-state index in [9.17, 15) is 4.39 Å². The number of hydrogen-bond acceptors (Lipinski definition) is 4. The maximum atomic E-state index is 12.0. The minimum absolute atomic E-state index is 0.229. The van der Waals surface area contributed by atoms with Gasteiger partial charge in [0.2, 0.25) is 12.6 Å². The summed E-state index contributed by atoms with van der Waals surface area (Å²) in [6.07, 6.45) is 0. The fraction of sp³-hybridized carbons (Fsp3) is 0.333. The Bertz CT molecular complexity index is 317. The highest BCUT2D eigenvalue weighted by molar-refractivity contribution is 5.60. The number of alkyl halides is 1. The van der Waals surface area contributed by atoms with E-state index < -0.39 is 6.86 Å². The Morgan fingerprint density at radius 1 is 1.21 bits per heavy atom. The summed E-state index contributed by atoms with van der Waals surface area (Å²) >= 11 is 0. The standard InChI is InChI=1S/C9H12FNO3/c1-12-7-3-6(11)4-8(14-5-10)9(7)13-2/h3-4H,5,11H2,1-2H3. The zero-order chi connectivity index (χ0) is 10.6. The lowest BCUT2D eigenvalue weighted by Crippen LogP contribution is -1.99. The number of ether oxygens (including phenoxy) is 3. The third-order valence-electron chi connectivity index (χ3n) is 1.68. The molecule has 0 aliphatic carbocycles. The quantitative estimate of drug-likeness (QED) is 0.751. The molecule has 0 atom stereocenters. The Hall–Kier alpha value is -1.65. The fourth-order valence-corrected chi connectivity index (χ4v) is 1.12. The van der Waals surface area contributed by atoms with Gasteiger partial charge < -0.3 is 19.9 Å². The summed E-state index contributed by atoms with van der Waals surface area (Å²) in [6.45, 7) is -0.942. The van der Waals surface area contributed by atoms with Crippen molar-refractivity contribution in [2.75, 3.05) is 26.8 Å². The predicted molar refractivity (Wildman–Crippen MR) is 50.6 cm³/mol. The largest absolute Gasteiger partial charge is 0.493 e. The molecule has 2 N–H and O–H groups in total. The van der Waals surface area contributed by atoms with Gasteiger partial charge >= 0.3 is 0 Å². The zero-order valence-corrected chi connectivity index (χ0v) is 8.04. The summed E-state index contributed by atoms with van der Waals surface area (Å²) < 4.78 is 26.7. The first-order valence-electron chi connectivity index (χ1n) is 3.93. The molecule has 0 spiro atoms. The van der Waals surface area contributed by atoms with Crippen LogP contribution in [0.4, 0.5) is 10.1 Å². The van der Waals surface area contributed by atoms with Gasteiger partial charge in [0.1, 0.15) is 0 Å². The maximum absolute atomic E-state index is 12.0. The van der Waals surface area contributed by atoms with Crippen molar-refractivity contribution in [2.45, 2.75) is 0 Å². The highest BCUT2D eigenvalue weighted by atomic mass is 19.1. The fourth-order valence-electron chi connectivity index (χ4n) is 1.12. The zero-order valence-electron chi connectivity index (χ0n) is 8.04. The molecule has 1 aromatic rings. The Kier molecular flexibility index (Phi) is 3.39. The molecule has 0 fully saturated rings. The lowest BCUT2D eigenvalue weighted by molar-refractivity contribution is 0.183. The van der Waals surface area contributed by atoms with Gasteiger partial charge in [0, 0.05) is 17.8 Å². The molecule has 0 aliphatic heterocycles. The molecule has 14 heavy (non-hydrogen) atoms. The number of anilines is 1. The molecule has 1 aromatic carbocycles. The van der Waals surface area contributed by atoms with Crippen LogP contribution in [0.5, 0.6) is 17.2 Å². The number of rotatable bonds is 4. The number of nitrogen functional groups attached to an aromatic ring is 1. The average molecular weight is 201 g/mol. The normalized spacial score (nSPS) is 9.64. The van der Waals surface area contributed by atoms with Crippen LogP contribution in [0.1, 0.15) is 0 Å². The van der Waals surface area contributed by atoms with Gasteiger partial charge in [-0.05, 0) is 0 Å². The summed E-state index contributed by atoms with van der Waals surface area (Å²) in [6, 6.07) is 3.05. The molecule has 0 bridgehead atoms. The van der Waals surface area contributed by atoms with Crippen LogP contribution >= 0.6 is 0 Å². The second-order valence-electron chi connectivity index (χ2n) is 2.51. The Balaban J connectivity index is 3.17. The van der Waals surface area contributed by atoms with E-state index in [1.807, 2.05) is 0 Å². The Labute approximate surface area is 81.4 Å². The molecule has 78 valence electrons. The van der Waals surface area contributed by atoms with Gasteiger partial charge in [-0.2, -0.15) is 0 Å². The predicted octanol–water partition coefficient (Wildman–Crippen LogP) is 1.59. The topological polar surface area (TPSA) is 53.7 Å². The number of hydrogen-bond donors (Lipinski definition) is 1. The second-order valence-corrected chi connectivity index (χ2v) is 2.51.